The first-order valence-electron chi connectivity index (χ1n) is 8.34. The van der Waals surface area contributed by atoms with Crippen LogP contribution in [0.5, 0.6) is 11.5 Å². The molecule has 3 rings (SSSR count). The predicted molar refractivity (Wildman–Crippen MR) is 95.6 cm³/mol. The molecule has 134 valence electrons. The van der Waals surface area contributed by atoms with E-state index in [1.807, 2.05) is 37.4 Å². The summed E-state index contributed by atoms with van der Waals surface area (Å²) in [5.74, 6) is 1.35. The summed E-state index contributed by atoms with van der Waals surface area (Å²) in [6, 6.07) is 5.62. The average molecular weight is 362 g/mol. The molecule has 0 aliphatic carbocycles. The fourth-order valence-electron chi connectivity index (χ4n) is 2.60. The third kappa shape index (κ3) is 4.49. The van der Waals surface area contributed by atoms with Crippen molar-refractivity contribution < 1.29 is 19.0 Å². The van der Waals surface area contributed by atoms with Gasteiger partial charge in [0, 0.05) is 12.2 Å². The summed E-state index contributed by atoms with van der Waals surface area (Å²) >= 11 is 1.41. The van der Waals surface area contributed by atoms with Crippen LogP contribution in [0.1, 0.15) is 22.3 Å². The highest BCUT2D eigenvalue weighted by atomic mass is 32.1. The van der Waals surface area contributed by atoms with Crippen LogP contribution in [0.2, 0.25) is 0 Å². The lowest BCUT2D eigenvalue weighted by molar-refractivity contribution is -0.0401. The van der Waals surface area contributed by atoms with Gasteiger partial charge in [0.2, 0.25) is 0 Å². The van der Waals surface area contributed by atoms with E-state index in [4.69, 9.17) is 14.2 Å². The van der Waals surface area contributed by atoms with E-state index in [1.165, 1.54) is 11.3 Å². The first-order valence-corrected chi connectivity index (χ1v) is 9.22. The van der Waals surface area contributed by atoms with Gasteiger partial charge in [-0.3, -0.25) is 9.78 Å². The molecule has 2 aromatic rings. The molecule has 1 atom stereocenters. The lowest BCUT2D eigenvalue weighted by Crippen LogP contribution is -2.47. The van der Waals surface area contributed by atoms with Crippen LogP contribution in [0.15, 0.2) is 29.8 Å². The fraction of sp³-hybridized carbons (Fsp3) is 0.444. The molecule has 0 aromatic carbocycles. The van der Waals surface area contributed by atoms with Crippen LogP contribution in [0.4, 0.5) is 0 Å². The van der Waals surface area contributed by atoms with Crippen molar-refractivity contribution in [2.75, 3.05) is 32.9 Å². The van der Waals surface area contributed by atoms with Gasteiger partial charge in [0.25, 0.3) is 5.91 Å². The number of carbonyl (C=O) groups is 1. The van der Waals surface area contributed by atoms with Gasteiger partial charge in [-0.1, -0.05) is 0 Å². The van der Waals surface area contributed by atoms with Gasteiger partial charge < -0.3 is 19.1 Å². The molecule has 1 fully saturated rings. The van der Waals surface area contributed by atoms with Gasteiger partial charge in [-0.25, -0.2) is 0 Å². The number of hydrogen-bond acceptors (Lipinski definition) is 6. The highest BCUT2D eigenvalue weighted by Gasteiger charge is 2.28. The Morgan fingerprint density at radius 1 is 1.40 bits per heavy atom. The van der Waals surface area contributed by atoms with Crippen LogP contribution in [0.3, 0.4) is 0 Å². The summed E-state index contributed by atoms with van der Waals surface area (Å²) in [6.07, 6.45) is 1.54. The lowest BCUT2D eigenvalue weighted by Gasteiger charge is -2.32. The largest absolute Gasteiger partial charge is 0.492 e. The Morgan fingerprint density at radius 3 is 3.04 bits per heavy atom. The molecule has 1 aliphatic heterocycles. The van der Waals surface area contributed by atoms with Crippen molar-refractivity contribution in [3.05, 3.63) is 40.3 Å². The quantitative estimate of drug-likeness (QED) is 0.791. The van der Waals surface area contributed by atoms with Crippen molar-refractivity contribution in [2.24, 2.45) is 0 Å². The van der Waals surface area contributed by atoms with Gasteiger partial charge in [0.05, 0.1) is 26.0 Å². The number of pyridine rings is 1. The van der Waals surface area contributed by atoms with Crippen LogP contribution in [0.25, 0.3) is 0 Å². The van der Waals surface area contributed by atoms with Crippen LogP contribution in [-0.4, -0.2) is 54.8 Å². The Kier molecular flexibility index (Phi) is 5.88. The summed E-state index contributed by atoms with van der Waals surface area (Å²) in [6.45, 7) is 6.35. The zero-order chi connectivity index (χ0) is 17.6. The Morgan fingerprint density at radius 2 is 2.28 bits per heavy atom. The number of aryl methyl sites for hydroxylation is 1. The topological polar surface area (TPSA) is 60.9 Å². The Bertz CT molecular complexity index is 701. The second kappa shape index (κ2) is 8.31. The highest BCUT2D eigenvalue weighted by molar-refractivity contribution is 7.12. The average Bonchev–Trinajstić information content (AvgIpc) is 3.09. The summed E-state index contributed by atoms with van der Waals surface area (Å²) in [7, 11) is 0. The first-order chi connectivity index (χ1) is 12.2. The van der Waals surface area contributed by atoms with Gasteiger partial charge in [-0.05, 0) is 37.4 Å². The Balaban J connectivity index is 1.57. The number of nitrogens with zero attached hydrogens (tertiary/aromatic N) is 2. The van der Waals surface area contributed by atoms with Crippen molar-refractivity contribution >= 4 is 17.2 Å². The van der Waals surface area contributed by atoms with E-state index in [-0.39, 0.29) is 12.0 Å². The highest BCUT2D eigenvalue weighted by Crippen LogP contribution is 2.27. The van der Waals surface area contributed by atoms with Crippen LogP contribution in [-0.2, 0) is 4.74 Å². The second-order valence-corrected chi connectivity index (χ2v) is 6.65. The predicted octanol–water partition coefficient (Wildman–Crippen LogP) is 2.77. The van der Waals surface area contributed by atoms with E-state index in [1.54, 1.807) is 11.1 Å². The molecule has 2 aromatic heterocycles. The third-order valence-corrected chi connectivity index (χ3v) is 4.75. The minimum Gasteiger partial charge on any atom is -0.492 e. The van der Waals surface area contributed by atoms with Gasteiger partial charge in [0.15, 0.2) is 0 Å². The lowest BCUT2D eigenvalue weighted by atomic mass is 10.2. The maximum Gasteiger partial charge on any atom is 0.267 e. The number of thiophene rings is 1. The van der Waals surface area contributed by atoms with Gasteiger partial charge in [-0.2, -0.15) is 0 Å². The molecular formula is C18H22N2O4S. The van der Waals surface area contributed by atoms with Gasteiger partial charge in [0.1, 0.15) is 29.1 Å². The van der Waals surface area contributed by atoms with Crippen molar-refractivity contribution in [1.82, 2.24) is 9.88 Å². The fourth-order valence-corrected chi connectivity index (χ4v) is 3.40. The molecule has 7 heteroatoms. The number of aromatic nitrogens is 1. The minimum atomic E-state index is -0.158. The first kappa shape index (κ1) is 17.7. The van der Waals surface area contributed by atoms with Gasteiger partial charge in [-0.15, -0.1) is 11.3 Å². The number of hydrogen-bond donors (Lipinski definition) is 0. The second-order valence-electron chi connectivity index (χ2n) is 5.74. The molecule has 1 saturated heterocycles. The molecule has 3 heterocycles. The minimum absolute atomic E-state index is 0.0104. The molecule has 6 nitrogen and oxygen atoms in total. The molecular weight excluding hydrogens is 340 g/mol. The Labute approximate surface area is 151 Å². The normalized spacial score (nSPS) is 17.4. The standard InChI is InChI=1S/C18H22N2O4S/c1-3-22-16-6-9-25-17(16)18(21)20-7-8-23-15(11-20)12-24-14-5-4-13(2)19-10-14/h4-6,9-10,15H,3,7-8,11-12H2,1-2H3. The summed E-state index contributed by atoms with van der Waals surface area (Å²) in [5, 5.41) is 1.88. The molecule has 1 amide bonds. The monoisotopic (exact) mass is 362 g/mol. The zero-order valence-corrected chi connectivity index (χ0v) is 15.3. The van der Waals surface area contributed by atoms with E-state index in [2.05, 4.69) is 4.98 Å². The van der Waals surface area contributed by atoms with Crippen LogP contribution < -0.4 is 9.47 Å². The van der Waals surface area contributed by atoms with E-state index in [0.29, 0.717) is 49.3 Å². The number of ether oxygens (including phenoxy) is 3. The summed E-state index contributed by atoms with van der Waals surface area (Å²) < 4.78 is 17.0. The molecule has 0 spiro atoms. The Hall–Kier alpha value is -2.12. The molecule has 0 radical (unpaired) electrons. The van der Waals surface area contributed by atoms with Crippen LogP contribution in [0, 0.1) is 6.92 Å². The number of rotatable bonds is 6. The van der Waals surface area contributed by atoms with E-state index >= 15 is 0 Å². The molecule has 0 saturated carbocycles. The van der Waals surface area contributed by atoms with E-state index in [9.17, 15) is 4.79 Å². The van der Waals surface area contributed by atoms with E-state index in [0.717, 1.165) is 5.69 Å². The molecule has 25 heavy (non-hydrogen) atoms. The SMILES string of the molecule is CCOc1ccsc1C(=O)N1CCOC(COc2ccc(C)nc2)C1. The van der Waals surface area contributed by atoms with Crippen molar-refractivity contribution in [2.45, 2.75) is 20.0 Å². The van der Waals surface area contributed by atoms with Crippen molar-refractivity contribution in [3.8, 4) is 11.5 Å². The number of amides is 1. The molecule has 0 bridgehead atoms. The van der Waals surface area contributed by atoms with Crippen molar-refractivity contribution in [1.29, 1.82) is 0 Å². The molecule has 1 unspecified atom stereocenters. The maximum absolute atomic E-state index is 12.8. The summed E-state index contributed by atoms with van der Waals surface area (Å²) in [4.78, 5) is 19.4. The maximum atomic E-state index is 12.8. The van der Waals surface area contributed by atoms with E-state index < -0.39 is 0 Å². The zero-order valence-electron chi connectivity index (χ0n) is 14.4. The molecule has 0 N–H and O–H groups in total. The smallest absolute Gasteiger partial charge is 0.267 e. The molecule has 1 aliphatic rings. The summed E-state index contributed by atoms with van der Waals surface area (Å²) in [5.41, 5.74) is 0.944. The van der Waals surface area contributed by atoms with Gasteiger partial charge >= 0.3 is 0 Å². The van der Waals surface area contributed by atoms with Crippen LogP contribution >= 0.6 is 11.3 Å². The van der Waals surface area contributed by atoms with Crippen molar-refractivity contribution in [3.63, 3.8) is 0 Å². The number of morpholine rings is 1. The number of carbonyl (C=O) groups excluding carboxylic acids is 1. The third-order valence-electron chi connectivity index (χ3n) is 3.87.